The van der Waals surface area contributed by atoms with Gasteiger partial charge in [0.05, 0.1) is 5.70 Å². The Morgan fingerprint density at radius 1 is 1.17 bits per heavy atom. The average Bonchev–Trinajstić information content (AvgIpc) is 2.72. The van der Waals surface area contributed by atoms with Gasteiger partial charge in [-0.25, -0.2) is 0 Å². The van der Waals surface area contributed by atoms with Crippen molar-refractivity contribution in [3.63, 3.8) is 0 Å². The number of hydrogen-bond acceptors (Lipinski definition) is 5. The molecule has 0 saturated carbocycles. The first kappa shape index (κ1) is 21.3. The lowest BCUT2D eigenvalue weighted by atomic mass is 10.1. The summed E-state index contributed by atoms with van der Waals surface area (Å²) in [6.07, 6.45) is 5.77. The normalized spacial score (nSPS) is 22.8. The number of hydrazone groups is 1. The molecule has 0 N–H and O–H groups in total. The molecule has 2 heterocycles. The summed E-state index contributed by atoms with van der Waals surface area (Å²) in [5, 5.41) is 6.35. The minimum Gasteiger partial charge on any atom is -0.369 e. The number of anilines is 1. The molecule has 0 spiro atoms. The maximum Gasteiger partial charge on any atom is 0.253 e. The molecule has 0 unspecified atom stereocenters. The molecule has 1 aromatic carbocycles. The highest BCUT2D eigenvalue weighted by molar-refractivity contribution is 9.12. The van der Waals surface area contributed by atoms with E-state index in [4.69, 9.17) is 0 Å². The quantitative estimate of drug-likeness (QED) is 0.696. The van der Waals surface area contributed by atoms with Crippen LogP contribution in [0.2, 0.25) is 0 Å². The summed E-state index contributed by atoms with van der Waals surface area (Å²) in [4.78, 5) is 18.5. The van der Waals surface area contributed by atoms with Crippen LogP contribution in [0.25, 0.3) is 0 Å². The first-order valence-corrected chi connectivity index (χ1v) is 10.5. The molecule has 1 aromatic rings. The molecule has 0 aliphatic carbocycles. The van der Waals surface area contributed by atoms with Crippen molar-refractivity contribution in [3.05, 3.63) is 64.3 Å². The molecule has 29 heavy (non-hydrogen) atoms. The van der Waals surface area contributed by atoms with Crippen LogP contribution in [0.15, 0.2) is 63.9 Å². The van der Waals surface area contributed by atoms with Gasteiger partial charge in [-0.2, -0.15) is 5.10 Å². The van der Waals surface area contributed by atoms with Gasteiger partial charge in [-0.05, 0) is 42.0 Å². The van der Waals surface area contributed by atoms with Crippen molar-refractivity contribution in [1.82, 2.24) is 14.8 Å². The first-order valence-electron chi connectivity index (χ1n) is 9.67. The second-order valence-corrected chi connectivity index (χ2v) is 8.33. The summed E-state index contributed by atoms with van der Waals surface area (Å²) in [6.45, 7) is 8.79. The maximum atomic E-state index is 12.1. The summed E-state index contributed by atoms with van der Waals surface area (Å²) in [6, 6.07) is 7.90. The van der Waals surface area contributed by atoms with Gasteiger partial charge >= 0.3 is 0 Å². The number of hydrogen-bond donors (Lipinski definition) is 0. The fourth-order valence-corrected chi connectivity index (χ4v) is 3.59. The van der Waals surface area contributed by atoms with E-state index in [2.05, 4.69) is 43.5 Å². The van der Waals surface area contributed by atoms with Crippen molar-refractivity contribution in [3.8, 4) is 0 Å². The Hall–Kier alpha value is -2.38. The molecule has 0 aromatic heterocycles. The summed E-state index contributed by atoms with van der Waals surface area (Å²) < 4.78 is 0.952. The summed E-state index contributed by atoms with van der Waals surface area (Å²) in [5.41, 5.74) is 3.95. The molecule has 1 fully saturated rings. The lowest BCUT2D eigenvalue weighted by Crippen LogP contribution is -2.47. The van der Waals surface area contributed by atoms with E-state index in [1.54, 1.807) is 25.2 Å². The Morgan fingerprint density at radius 3 is 2.45 bits per heavy atom. The van der Waals surface area contributed by atoms with Crippen LogP contribution in [0.4, 0.5) is 5.69 Å². The van der Waals surface area contributed by atoms with E-state index >= 15 is 0 Å². The van der Waals surface area contributed by atoms with Crippen LogP contribution in [0.3, 0.4) is 0 Å². The number of piperazine rings is 1. The highest BCUT2D eigenvalue weighted by Crippen LogP contribution is 2.22. The monoisotopic (exact) mass is 457 g/mol. The lowest BCUT2D eigenvalue weighted by molar-refractivity contribution is 0.0827. The number of carbonyl (C=O) groups excluding carboxylic acids is 1. The number of nitrogens with zero attached hydrogens (tertiary/aromatic N) is 5. The Bertz CT molecular complexity index is 848. The van der Waals surface area contributed by atoms with Crippen molar-refractivity contribution >= 4 is 33.7 Å². The largest absolute Gasteiger partial charge is 0.369 e. The molecule has 1 amide bonds. The van der Waals surface area contributed by atoms with Crippen molar-refractivity contribution in [2.45, 2.75) is 0 Å². The van der Waals surface area contributed by atoms with Gasteiger partial charge < -0.3 is 9.80 Å². The topological polar surface area (TPSA) is 42.4 Å². The number of carbonyl (C=O) groups is 1. The predicted octanol–water partition coefficient (Wildman–Crippen LogP) is 3.16. The van der Waals surface area contributed by atoms with Gasteiger partial charge in [0.1, 0.15) is 0 Å². The molecular weight excluding hydrogens is 430 g/mol. The van der Waals surface area contributed by atoms with Crippen LogP contribution in [0.5, 0.6) is 0 Å². The van der Waals surface area contributed by atoms with E-state index < -0.39 is 0 Å². The zero-order valence-electron chi connectivity index (χ0n) is 17.3. The molecule has 0 radical (unpaired) electrons. The van der Waals surface area contributed by atoms with E-state index in [-0.39, 0.29) is 5.91 Å². The molecule has 6 nitrogen and oxygen atoms in total. The zero-order valence-corrected chi connectivity index (χ0v) is 18.9. The van der Waals surface area contributed by atoms with E-state index in [9.17, 15) is 4.79 Å². The second-order valence-electron chi connectivity index (χ2n) is 7.47. The highest BCUT2D eigenvalue weighted by atomic mass is 79.9. The standard InChI is InChI=1S/C22H28BrN5O/c1-17-15-20(26(4)24-10-9-21(17)23)16-27-11-13-28(14-12-27)19-7-5-18(6-8-19)22(29)25(2)3/h5-10,15H,1,11-14,16H2,2-4H3/b20-15-,21-9+,24-10-. The van der Waals surface area contributed by atoms with Crippen LogP contribution in [-0.4, -0.2) is 80.8 Å². The van der Waals surface area contributed by atoms with Crippen molar-refractivity contribution in [1.29, 1.82) is 0 Å². The molecule has 2 aliphatic heterocycles. The van der Waals surface area contributed by atoms with Gasteiger partial charge in [-0.15, -0.1) is 0 Å². The minimum atomic E-state index is 0.0312. The Morgan fingerprint density at radius 2 is 1.83 bits per heavy atom. The third kappa shape index (κ3) is 5.36. The van der Waals surface area contributed by atoms with Crippen molar-refractivity contribution in [2.24, 2.45) is 5.10 Å². The smallest absolute Gasteiger partial charge is 0.253 e. The highest BCUT2D eigenvalue weighted by Gasteiger charge is 2.20. The number of halogens is 1. The molecule has 2 aliphatic rings. The number of likely N-dealkylation sites (N-methyl/N-ethyl adjacent to an activating group) is 1. The third-order valence-electron chi connectivity index (χ3n) is 5.17. The van der Waals surface area contributed by atoms with Gasteiger partial charge in [-0.1, -0.05) is 22.5 Å². The van der Waals surface area contributed by atoms with E-state index in [1.165, 1.54) is 0 Å². The SMILES string of the molecule is C=C1/C=C(/CN2CCN(c3ccc(C(=O)N(C)C)cc3)CC2)N(C)/N=C\C=C/1Br. The Kier molecular flexibility index (Phi) is 6.92. The van der Waals surface area contributed by atoms with Crippen LogP contribution in [-0.2, 0) is 0 Å². The number of amides is 1. The van der Waals surface area contributed by atoms with Crippen molar-refractivity contribution in [2.75, 3.05) is 58.8 Å². The van der Waals surface area contributed by atoms with Gasteiger partial charge in [0.15, 0.2) is 0 Å². The molecule has 1 saturated heterocycles. The maximum absolute atomic E-state index is 12.1. The van der Waals surface area contributed by atoms with Crippen LogP contribution in [0, 0.1) is 0 Å². The van der Waals surface area contributed by atoms with Gasteiger partial charge in [0.2, 0.25) is 0 Å². The van der Waals surface area contributed by atoms with Crippen LogP contribution < -0.4 is 4.90 Å². The number of benzene rings is 1. The van der Waals surface area contributed by atoms with Crippen molar-refractivity contribution < 1.29 is 4.79 Å². The molecule has 3 rings (SSSR count). The lowest BCUT2D eigenvalue weighted by Gasteiger charge is -2.37. The molecular formula is C22H28BrN5O. The van der Waals surface area contributed by atoms with Crippen LogP contribution >= 0.6 is 15.9 Å². The molecule has 154 valence electrons. The Balaban J connectivity index is 1.59. The molecule has 0 bridgehead atoms. The van der Waals surface area contributed by atoms with E-state index in [1.807, 2.05) is 42.4 Å². The zero-order chi connectivity index (χ0) is 21.0. The summed E-state index contributed by atoms with van der Waals surface area (Å²) in [7, 11) is 5.51. The second kappa shape index (κ2) is 9.41. The van der Waals surface area contributed by atoms with Gasteiger partial charge in [0.25, 0.3) is 5.91 Å². The average molecular weight is 458 g/mol. The van der Waals surface area contributed by atoms with E-state index in [0.717, 1.165) is 59.7 Å². The fourth-order valence-electron chi connectivity index (χ4n) is 3.36. The molecule has 0 atom stereocenters. The molecule has 7 heteroatoms. The number of rotatable bonds is 4. The van der Waals surface area contributed by atoms with Gasteiger partial charge in [0, 0.05) is 75.8 Å². The summed E-state index contributed by atoms with van der Waals surface area (Å²) in [5.74, 6) is 0.0312. The van der Waals surface area contributed by atoms with Crippen LogP contribution in [0.1, 0.15) is 10.4 Å². The minimum absolute atomic E-state index is 0.0312. The third-order valence-corrected chi connectivity index (χ3v) is 5.94. The first-order chi connectivity index (χ1) is 13.8. The summed E-state index contributed by atoms with van der Waals surface area (Å²) >= 11 is 3.53. The van der Waals surface area contributed by atoms with E-state index in [0.29, 0.717) is 0 Å². The predicted molar refractivity (Wildman–Crippen MR) is 124 cm³/mol. The Labute approximate surface area is 181 Å². The number of allylic oxidation sites excluding steroid dienone is 4. The van der Waals surface area contributed by atoms with Gasteiger partial charge in [-0.3, -0.25) is 14.7 Å². The fraction of sp³-hybridized carbons (Fsp3) is 0.364.